The normalized spacial score (nSPS) is 11.9. The number of hydrogen-bond donors (Lipinski definition) is 2. The van der Waals surface area contributed by atoms with Gasteiger partial charge in [-0.1, -0.05) is 0 Å². The van der Waals surface area contributed by atoms with Gasteiger partial charge in [0, 0.05) is 0 Å². The first-order chi connectivity index (χ1) is 8.12. The molecular weight excluding hydrogens is 340 g/mol. The van der Waals surface area contributed by atoms with Crippen molar-refractivity contribution in [2.75, 3.05) is 68.6 Å². The van der Waals surface area contributed by atoms with Crippen molar-refractivity contribution in [3.8, 4) is 0 Å². The number of likely N-dealkylation sites (N-methyl/N-ethyl adjacent to an activating group) is 2. The molecule has 0 unspecified atom stereocenters. The second kappa shape index (κ2) is 10.8. The molecule has 0 fully saturated rings. The van der Waals surface area contributed by atoms with E-state index in [0.717, 1.165) is 22.1 Å². The summed E-state index contributed by atoms with van der Waals surface area (Å²) in [5, 5.41) is 16.8. The Hall–Kier alpha value is 0.0483. The van der Waals surface area contributed by atoms with Gasteiger partial charge < -0.3 is 19.2 Å². The third-order valence-electron chi connectivity index (χ3n) is 1.54. The van der Waals surface area contributed by atoms with Gasteiger partial charge in [-0.3, -0.25) is 0 Å². The predicted molar refractivity (Wildman–Crippen MR) is 61.3 cm³/mol. The van der Waals surface area contributed by atoms with E-state index in [1.807, 2.05) is 0 Å². The van der Waals surface area contributed by atoms with E-state index in [0.29, 0.717) is 0 Å². The van der Waals surface area contributed by atoms with E-state index in [4.69, 9.17) is 24.5 Å². The molecule has 2 N–H and O–H groups in total. The van der Waals surface area contributed by atoms with E-state index >= 15 is 0 Å². The van der Waals surface area contributed by atoms with Crippen LogP contribution in [0, 0.1) is 0 Å². The summed E-state index contributed by atoms with van der Waals surface area (Å²) in [7, 11) is 12.3. The average molecular weight is 368 g/mol. The van der Waals surface area contributed by atoms with Gasteiger partial charge >= 0.3 is 31.1 Å². The van der Waals surface area contributed by atoms with Crippen LogP contribution >= 0.6 is 0 Å². The Kier molecular flexibility index (Phi) is 13.7. The van der Waals surface area contributed by atoms with E-state index in [2.05, 4.69) is 42.3 Å². The molecule has 8 nitrogen and oxygen atoms in total. The van der Waals surface area contributed by atoms with Crippen LogP contribution in [0.4, 0.5) is 0 Å². The molecule has 0 rings (SSSR count). The van der Waals surface area contributed by atoms with Crippen molar-refractivity contribution in [1.29, 1.82) is 0 Å². The van der Waals surface area contributed by atoms with Crippen molar-refractivity contribution in [3.63, 3.8) is 0 Å². The second-order valence-electron chi connectivity index (χ2n) is 5.88. The Morgan fingerprint density at radius 3 is 0.947 bits per heavy atom. The van der Waals surface area contributed by atoms with E-state index in [-0.39, 0.29) is 13.2 Å². The van der Waals surface area contributed by atoms with Crippen molar-refractivity contribution >= 4 is 0 Å². The van der Waals surface area contributed by atoms with Crippen molar-refractivity contribution < 1.29 is 50.2 Å². The fourth-order valence-corrected chi connectivity index (χ4v) is 0.600. The Labute approximate surface area is 119 Å². The summed E-state index contributed by atoms with van der Waals surface area (Å²) in [6.07, 6.45) is 0. The van der Waals surface area contributed by atoms with E-state index in [1.165, 1.54) is 0 Å². The topological polar surface area (TPSA) is 121 Å². The molecule has 0 saturated carbocycles. The summed E-state index contributed by atoms with van der Waals surface area (Å²) in [6, 6.07) is 0. The van der Waals surface area contributed by atoms with Crippen LogP contribution in [-0.4, -0.2) is 87.8 Å². The molecule has 0 aromatic heterocycles. The monoisotopic (exact) mass is 370 g/mol. The SMILES string of the molecule is C[N+](C)(C)CCO.C[N+](C)(C)CCO.[O]=[Mo](=[O])([O-])[O-]. The van der Waals surface area contributed by atoms with Crippen LogP contribution in [0.15, 0.2) is 0 Å². The van der Waals surface area contributed by atoms with Crippen molar-refractivity contribution in [2.24, 2.45) is 0 Å². The molecule has 0 aliphatic rings. The summed E-state index contributed by atoms with van der Waals surface area (Å²) in [5.41, 5.74) is 0. The summed E-state index contributed by atoms with van der Waals surface area (Å²) in [6.45, 7) is 2.23. The van der Waals surface area contributed by atoms with Gasteiger partial charge in [0.2, 0.25) is 0 Å². The predicted octanol–water partition coefficient (Wildman–Crippen LogP) is -3.25. The van der Waals surface area contributed by atoms with Crippen molar-refractivity contribution in [3.05, 3.63) is 0 Å². The minimum absolute atomic E-state index is 0.281. The molecule has 120 valence electrons. The number of aliphatic hydroxyl groups is 2. The van der Waals surface area contributed by atoms with Crippen molar-refractivity contribution in [2.45, 2.75) is 0 Å². The summed E-state index contributed by atoms with van der Waals surface area (Å²) < 4.78 is 36.2. The third kappa shape index (κ3) is 71.8. The van der Waals surface area contributed by atoms with Crippen molar-refractivity contribution in [1.82, 2.24) is 0 Å². The maximum absolute atomic E-state index is 8.63. The van der Waals surface area contributed by atoms with Crippen LogP contribution in [0.3, 0.4) is 0 Å². The Bertz CT molecular complexity index is 268. The van der Waals surface area contributed by atoms with Gasteiger partial charge in [0.25, 0.3) is 0 Å². The van der Waals surface area contributed by atoms with Crippen LogP contribution in [-0.2, 0) is 23.5 Å². The van der Waals surface area contributed by atoms with Gasteiger partial charge in [-0.2, -0.15) is 0 Å². The second-order valence-corrected chi connectivity index (χ2v) is 7.89. The molecule has 0 spiro atoms. The molecule has 0 saturated heterocycles. The number of nitrogens with zero attached hydrogens (tertiary/aromatic N) is 2. The van der Waals surface area contributed by atoms with Crippen LogP contribution in [0.5, 0.6) is 0 Å². The summed E-state index contributed by atoms with van der Waals surface area (Å²) >= 11 is -6.02. The zero-order valence-corrected chi connectivity index (χ0v) is 14.7. The van der Waals surface area contributed by atoms with E-state index in [9.17, 15) is 0 Å². The fourth-order valence-electron chi connectivity index (χ4n) is 0.600. The molecule has 0 heterocycles. The number of quaternary nitrogens is 2. The third-order valence-corrected chi connectivity index (χ3v) is 1.54. The molecule has 0 bridgehead atoms. The molecule has 0 amide bonds. The van der Waals surface area contributed by atoms with E-state index < -0.39 is 16.7 Å². The van der Waals surface area contributed by atoms with Crippen LogP contribution in [0.1, 0.15) is 0 Å². The molecule has 0 atom stereocenters. The molecule has 9 heteroatoms. The van der Waals surface area contributed by atoms with E-state index in [1.54, 1.807) is 0 Å². The molecule has 0 aliphatic carbocycles. The molecule has 0 aliphatic heterocycles. The van der Waals surface area contributed by atoms with Gasteiger partial charge in [-0.25, -0.2) is 0 Å². The van der Waals surface area contributed by atoms with Gasteiger partial charge in [-0.15, -0.1) is 0 Å². The van der Waals surface area contributed by atoms with Crippen LogP contribution in [0.2, 0.25) is 0 Å². The molecule has 0 aromatic carbocycles. The Morgan fingerprint density at radius 2 is 0.947 bits per heavy atom. The maximum atomic E-state index is 8.63. The quantitative estimate of drug-likeness (QED) is 0.397. The van der Waals surface area contributed by atoms with Crippen LogP contribution in [0.25, 0.3) is 0 Å². The molecule has 19 heavy (non-hydrogen) atoms. The summed E-state index contributed by atoms with van der Waals surface area (Å²) in [5.74, 6) is 0. The first-order valence-electron chi connectivity index (χ1n) is 5.61. The Morgan fingerprint density at radius 1 is 0.789 bits per heavy atom. The van der Waals surface area contributed by atoms with Gasteiger partial charge in [-0.05, 0) is 0 Å². The van der Waals surface area contributed by atoms with Crippen LogP contribution < -0.4 is 7.52 Å². The van der Waals surface area contributed by atoms with Gasteiger partial charge in [0.05, 0.1) is 55.5 Å². The zero-order valence-electron chi connectivity index (χ0n) is 12.7. The standard InChI is InChI=1S/2C5H14NO.Mo.4O/c2*1-6(2,3)4-5-7;;;;;/h2*7H,4-5H2,1-3H3;;;;;/q2*+1;;;;2*-1. The minimum atomic E-state index is -6.02. The average Bonchev–Trinajstić information content (AvgIpc) is 1.95. The molecule has 0 aromatic rings. The number of rotatable bonds is 4. The fraction of sp³-hybridized carbons (Fsp3) is 1.00. The van der Waals surface area contributed by atoms with Gasteiger partial charge in [0.15, 0.2) is 0 Å². The zero-order chi connectivity index (χ0) is 16.3. The molecular formula is C10H28MoN2O6. The molecule has 0 radical (unpaired) electrons. The number of hydrogen-bond acceptors (Lipinski definition) is 6. The Balaban J connectivity index is -0.000000206. The van der Waals surface area contributed by atoms with Gasteiger partial charge in [0.1, 0.15) is 13.1 Å². The summed E-state index contributed by atoms with van der Waals surface area (Å²) in [4.78, 5) is 0. The first-order valence-corrected chi connectivity index (χ1v) is 8.89. The first kappa shape index (κ1) is 24.1. The number of aliphatic hydroxyl groups excluding tert-OH is 2.